The van der Waals surface area contributed by atoms with Crippen molar-refractivity contribution >= 4 is 46.6 Å². The summed E-state index contributed by atoms with van der Waals surface area (Å²) in [4.78, 5) is 11.6. The molecule has 0 aliphatic heterocycles. The van der Waals surface area contributed by atoms with Gasteiger partial charge < -0.3 is 4.74 Å². The molecule has 0 atom stereocenters. The van der Waals surface area contributed by atoms with Crippen LogP contribution >= 0.6 is 34.8 Å². The minimum Gasteiger partial charge on any atom is -0.409 e. The fourth-order valence-electron chi connectivity index (χ4n) is 1.33. The molecule has 2 aromatic carbocycles. The number of hydrogen-bond donors (Lipinski definition) is 1. The Kier molecular flexibility index (Phi) is 4.53. The van der Waals surface area contributed by atoms with Crippen LogP contribution in [0.15, 0.2) is 42.5 Å². The summed E-state index contributed by atoms with van der Waals surface area (Å²) >= 11 is 17.4. The summed E-state index contributed by atoms with van der Waals surface area (Å²) < 4.78 is 5.06. The summed E-state index contributed by atoms with van der Waals surface area (Å²) in [6.07, 6.45) is -0.647. The van der Waals surface area contributed by atoms with E-state index >= 15 is 0 Å². The molecule has 0 saturated heterocycles. The van der Waals surface area contributed by atoms with Gasteiger partial charge in [-0.1, -0.05) is 34.8 Å². The average Bonchev–Trinajstić information content (AvgIpc) is 2.36. The van der Waals surface area contributed by atoms with Crippen LogP contribution < -0.4 is 10.1 Å². The number of hydrogen-bond acceptors (Lipinski definition) is 2. The van der Waals surface area contributed by atoms with Crippen LogP contribution in [0.4, 0.5) is 10.5 Å². The van der Waals surface area contributed by atoms with E-state index < -0.39 is 6.09 Å². The van der Waals surface area contributed by atoms with E-state index in [2.05, 4.69) is 5.32 Å². The van der Waals surface area contributed by atoms with Crippen molar-refractivity contribution in [2.75, 3.05) is 5.32 Å². The highest BCUT2D eigenvalue weighted by Gasteiger charge is 2.08. The van der Waals surface area contributed by atoms with Crippen molar-refractivity contribution in [1.29, 1.82) is 0 Å². The first-order chi connectivity index (χ1) is 9.04. The predicted octanol–water partition coefficient (Wildman–Crippen LogP) is 5.26. The molecule has 1 amide bonds. The highest BCUT2D eigenvalue weighted by atomic mass is 35.5. The van der Waals surface area contributed by atoms with Gasteiger partial charge >= 0.3 is 6.09 Å². The number of benzene rings is 2. The summed E-state index contributed by atoms with van der Waals surface area (Å²) in [6.45, 7) is 0. The van der Waals surface area contributed by atoms with Gasteiger partial charge in [-0.25, -0.2) is 4.79 Å². The Hall–Kier alpha value is -1.42. The third kappa shape index (κ3) is 4.03. The molecule has 0 aliphatic rings. The van der Waals surface area contributed by atoms with Crippen LogP contribution in [0.2, 0.25) is 15.1 Å². The van der Waals surface area contributed by atoms with Gasteiger partial charge in [-0.3, -0.25) is 5.32 Å². The Morgan fingerprint density at radius 1 is 0.947 bits per heavy atom. The molecule has 0 heterocycles. The molecule has 2 aromatic rings. The van der Waals surface area contributed by atoms with Crippen LogP contribution in [0.25, 0.3) is 0 Å². The SMILES string of the molecule is O=C(Nc1ccc(Cl)cc1)Oc1ccc(Cl)cc1Cl. The lowest BCUT2D eigenvalue weighted by Crippen LogP contribution is -2.16. The summed E-state index contributed by atoms with van der Waals surface area (Å²) in [5.41, 5.74) is 0.569. The van der Waals surface area contributed by atoms with Gasteiger partial charge in [-0.15, -0.1) is 0 Å². The molecule has 0 fully saturated rings. The van der Waals surface area contributed by atoms with Gasteiger partial charge in [-0.2, -0.15) is 0 Å². The molecule has 0 aromatic heterocycles. The van der Waals surface area contributed by atoms with E-state index in [4.69, 9.17) is 39.5 Å². The molecule has 0 unspecified atom stereocenters. The Bertz CT molecular complexity index is 599. The fourth-order valence-corrected chi connectivity index (χ4v) is 1.91. The highest BCUT2D eigenvalue weighted by Crippen LogP contribution is 2.27. The van der Waals surface area contributed by atoms with Crippen molar-refractivity contribution in [2.45, 2.75) is 0 Å². The van der Waals surface area contributed by atoms with Gasteiger partial charge in [0.05, 0.1) is 5.02 Å². The van der Waals surface area contributed by atoms with Crippen molar-refractivity contribution in [3.63, 3.8) is 0 Å². The van der Waals surface area contributed by atoms with E-state index in [1.54, 1.807) is 30.3 Å². The summed E-state index contributed by atoms with van der Waals surface area (Å²) in [5, 5.41) is 3.86. The first-order valence-electron chi connectivity index (χ1n) is 5.24. The van der Waals surface area contributed by atoms with Gasteiger partial charge in [0.15, 0.2) is 5.75 Å². The Morgan fingerprint density at radius 3 is 2.21 bits per heavy atom. The Labute approximate surface area is 125 Å². The van der Waals surface area contributed by atoms with E-state index in [9.17, 15) is 4.79 Å². The van der Waals surface area contributed by atoms with E-state index in [-0.39, 0.29) is 10.8 Å². The van der Waals surface area contributed by atoms with Crippen molar-refractivity contribution in [3.05, 3.63) is 57.5 Å². The van der Waals surface area contributed by atoms with Crippen molar-refractivity contribution in [3.8, 4) is 5.75 Å². The van der Waals surface area contributed by atoms with Gasteiger partial charge in [0, 0.05) is 15.7 Å². The zero-order valence-electron chi connectivity index (χ0n) is 9.49. The Morgan fingerprint density at radius 2 is 1.58 bits per heavy atom. The molecule has 0 spiro atoms. The second kappa shape index (κ2) is 6.15. The lowest BCUT2D eigenvalue weighted by Gasteiger charge is -2.08. The standard InChI is InChI=1S/C13H8Cl3NO2/c14-8-1-4-10(5-2-8)17-13(18)19-12-6-3-9(15)7-11(12)16/h1-7H,(H,17,18). The molecule has 0 aliphatic carbocycles. The van der Waals surface area contributed by atoms with E-state index in [0.717, 1.165) is 0 Å². The molecule has 0 radical (unpaired) electrons. The minimum atomic E-state index is -0.647. The zero-order chi connectivity index (χ0) is 13.8. The van der Waals surface area contributed by atoms with Crippen LogP contribution in [0.3, 0.4) is 0 Å². The first-order valence-corrected chi connectivity index (χ1v) is 6.37. The van der Waals surface area contributed by atoms with Crippen LogP contribution in [-0.4, -0.2) is 6.09 Å². The summed E-state index contributed by atoms with van der Waals surface area (Å²) in [5.74, 6) is 0.234. The average molecular weight is 317 g/mol. The number of anilines is 1. The van der Waals surface area contributed by atoms with Crippen molar-refractivity contribution in [1.82, 2.24) is 0 Å². The molecule has 3 nitrogen and oxygen atoms in total. The monoisotopic (exact) mass is 315 g/mol. The zero-order valence-corrected chi connectivity index (χ0v) is 11.8. The van der Waals surface area contributed by atoms with Gasteiger partial charge in [0.1, 0.15) is 0 Å². The van der Waals surface area contributed by atoms with E-state index in [0.29, 0.717) is 15.7 Å². The topological polar surface area (TPSA) is 38.3 Å². The largest absolute Gasteiger partial charge is 0.417 e. The molecular formula is C13H8Cl3NO2. The number of halogens is 3. The van der Waals surface area contributed by atoms with E-state index in [1.165, 1.54) is 12.1 Å². The molecule has 0 saturated carbocycles. The second-order valence-corrected chi connectivity index (χ2v) is 4.88. The van der Waals surface area contributed by atoms with E-state index in [1.807, 2.05) is 0 Å². The number of amides is 1. The summed E-state index contributed by atoms with van der Waals surface area (Å²) in [6, 6.07) is 11.2. The summed E-state index contributed by atoms with van der Waals surface area (Å²) in [7, 11) is 0. The fraction of sp³-hybridized carbons (Fsp3) is 0. The normalized spacial score (nSPS) is 10.1. The highest BCUT2D eigenvalue weighted by molar-refractivity contribution is 6.35. The number of carbonyl (C=O) groups is 1. The quantitative estimate of drug-likeness (QED) is 0.821. The predicted molar refractivity (Wildman–Crippen MR) is 77.6 cm³/mol. The molecule has 98 valence electrons. The van der Waals surface area contributed by atoms with Crippen molar-refractivity contribution in [2.24, 2.45) is 0 Å². The maximum atomic E-state index is 11.6. The third-order valence-electron chi connectivity index (χ3n) is 2.19. The van der Waals surface area contributed by atoms with Crippen LogP contribution in [0, 0.1) is 0 Å². The molecule has 0 bridgehead atoms. The van der Waals surface area contributed by atoms with Crippen LogP contribution in [0.5, 0.6) is 5.75 Å². The lowest BCUT2D eigenvalue weighted by atomic mass is 10.3. The van der Waals surface area contributed by atoms with Gasteiger partial charge in [0.25, 0.3) is 0 Å². The molecule has 2 rings (SSSR count). The minimum absolute atomic E-state index is 0.234. The van der Waals surface area contributed by atoms with Crippen LogP contribution in [0.1, 0.15) is 0 Å². The van der Waals surface area contributed by atoms with Crippen LogP contribution in [-0.2, 0) is 0 Å². The maximum absolute atomic E-state index is 11.6. The van der Waals surface area contributed by atoms with Gasteiger partial charge in [-0.05, 0) is 42.5 Å². The smallest absolute Gasteiger partial charge is 0.409 e. The number of carbonyl (C=O) groups excluding carboxylic acids is 1. The molecular weight excluding hydrogens is 309 g/mol. The van der Waals surface area contributed by atoms with Gasteiger partial charge in [0.2, 0.25) is 0 Å². The second-order valence-electron chi connectivity index (χ2n) is 3.60. The Balaban J connectivity index is 2.03. The molecule has 19 heavy (non-hydrogen) atoms. The maximum Gasteiger partial charge on any atom is 0.417 e. The first kappa shape index (κ1) is 14.0. The number of nitrogens with one attached hydrogen (secondary N) is 1. The number of rotatable bonds is 2. The molecule has 1 N–H and O–H groups in total. The third-order valence-corrected chi connectivity index (χ3v) is 2.97. The number of ether oxygens (including phenoxy) is 1. The molecule has 6 heteroatoms. The lowest BCUT2D eigenvalue weighted by molar-refractivity contribution is 0.215. The van der Waals surface area contributed by atoms with Crippen molar-refractivity contribution < 1.29 is 9.53 Å².